The predicted molar refractivity (Wildman–Crippen MR) is 58.6 cm³/mol. The molecule has 0 saturated heterocycles. The van der Waals surface area contributed by atoms with Gasteiger partial charge in [-0.05, 0) is 12.1 Å². The molecule has 17 heavy (non-hydrogen) atoms. The number of furan rings is 1. The lowest BCUT2D eigenvalue weighted by atomic mass is 10.3. The van der Waals surface area contributed by atoms with E-state index in [0.717, 1.165) is 0 Å². The second-order valence-electron chi connectivity index (χ2n) is 3.23. The molecular weight excluding hydrogens is 218 g/mol. The summed E-state index contributed by atoms with van der Waals surface area (Å²) in [6.45, 7) is 0. The van der Waals surface area contributed by atoms with Crippen molar-refractivity contribution in [2.24, 2.45) is 0 Å². The Kier molecular flexibility index (Phi) is 2.31. The van der Waals surface area contributed by atoms with E-state index >= 15 is 0 Å². The van der Waals surface area contributed by atoms with E-state index in [-0.39, 0.29) is 0 Å². The van der Waals surface area contributed by atoms with Crippen molar-refractivity contribution in [3.63, 3.8) is 0 Å². The first-order valence-electron chi connectivity index (χ1n) is 4.93. The lowest BCUT2D eigenvalue weighted by Crippen LogP contribution is -1.96. The van der Waals surface area contributed by atoms with Crippen LogP contribution in [0, 0.1) is 0 Å². The van der Waals surface area contributed by atoms with Gasteiger partial charge in [0.2, 0.25) is 5.82 Å². The van der Waals surface area contributed by atoms with Crippen molar-refractivity contribution in [1.29, 1.82) is 0 Å². The van der Waals surface area contributed by atoms with Crippen molar-refractivity contribution in [1.82, 2.24) is 25.1 Å². The van der Waals surface area contributed by atoms with Crippen LogP contribution in [0.3, 0.4) is 0 Å². The summed E-state index contributed by atoms with van der Waals surface area (Å²) < 4.78 is 5.24. The topological polar surface area (TPSA) is 77.6 Å². The highest BCUT2D eigenvalue weighted by molar-refractivity contribution is 5.55. The highest BCUT2D eigenvalue weighted by Crippen LogP contribution is 2.18. The molecule has 0 fully saturated rings. The van der Waals surface area contributed by atoms with Gasteiger partial charge in [-0.15, -0.1) is 5.10 Å². The maximum absolute atomic E-state index is 5.24. The van der Waals surface area contributed by atoms with Crippen molar-refractivity contribution < 1.29 is 4.42 Å². The van der Waals surface area contributed by atoms with E-state index in [9.17, 15) is 0 Å². The maximum Gasteiger partial charge on any atom is 0.202 e. The predicted octanol–water partition coefficient (Wildman–Crippen LogP) is 1.59. The van der Waals surface area contributed by atoms with Gasteiger partial charge in [-0.2, -0.15) is 5.10 Å². The SMILES string of the molecule is c1coc(-c2cnnc(-c3cnccn3)n2)c1. The molecule has 0 bridgehead atoms. The van der Waals surface area contributed by atoms with E-state index in [1.807, 2.05) is 6.07 Å². The van der Waals surface area contributed by atoms with Gasteiger partial charge in [0.1, 0.15) is 11.4 Å². The third kappa shape index (κ3) is 1.87. The third-order valence-electron chi connectivity index (χ3n) is 2.12. The van der Waals surface area contributed by atoms with Crippen LogP contribution >= 0.6 is 0 Å². The molecule has 0 aliphatic heterocycles. The molecule has 0 spiro atoms. The highest BCUT2D eigenvalue weighted by atomic mass is 16.3. The second kappa shape index (κ2) is 4.09. The molecule has 3 heterocycles. The normalized spacial score (nSPS) is 10.4. The molecule has 3 aromatic rings. The molecule has 3 rings (SSSR count). The molecule has 82 valence electrons. The zero-order chi connectivity index (χ0) is 11.5. The van der Waals surface area contributed by atoms with Gasteiger partial charge >= 0.3 is 0 Å². The molecule has 0 N–H and O–H groups in total. The van der Waals surface area contributed by atoms with Crippen LogP contribution in [-0.4, -0.2) is 25.1 Å². The lowest BCUT2D eigenvalue weighted by molar-refractivity contribution is 0.579. The minimum absolute atomic E-state index is 0.423. The van der Waals surface area contributed by atoms with Crippen LogP contribution in [0.15, 0.2) is 47.6 Å². The number of nitrogens with zero attached hydrogens (tertiary/aromatic N) is 5. The van der Waals surface area contributed by atoms with Gasteiger partial charge in [0.05, 0.1) is 18.7 Å². The zero-order valence-electron chi connectivity index (χ0n) is 8.69. The fraction of sp³-hybridized carbons (Fsp3) is 0. The minimum Gasteiger partial charge on any atom is -0.463 e. The summed E-state index contributed by atoms with van der Waals surface area (Å²) in [6.07, 6.45) is 7.88. The van der Waals surface area contributed by atoms with Crippen molar-refractivity contribution in [3.8, 4) is 23.0 Å². The highest BCUT2D eigenvalue weighted by Gasteiger charge is 2.08. The van der Waals surface area contributed by atoms with E-state index in [2.05, 4.69) is 25.1 Å². The lowest BCUT2D eigenvalue weighted by Gasteiger charge is -1.99. The van der Waals surface area contributed by atoms with E-state index in [0.29, 0.717) is 23.0 Å². The van der Waals surface area contributed by atoms with Crippen LogP contribution in [0.5, 0.6) is 0 Å². The van der Waals surface area contributed by atoms with Crippen LogP contribution < -0.4 is 0 Å². The molecule has 3 aromatic heterocycles. The Hall–Kier alpha value is -2.63. The van der Waals surface area contributed by atoms with Crippen LogP contribution in [0.25, 0.3) is 23.0 Å². The van der Waals surface area contributed by atoms with Gasteiger partial charge in [0, 0.05) is 12.4 Å². The molecule has 0 amide bonds. The van der Waals surface area contributed by atoms with Gasteiger partial charge in [0.15, 0.2) is 5.76 Å². The van der Waals surface area contributed by atoms with Crippen molar-refractivity contribution in [3.05, 3.63) is 43.2 Å². The Morgan fingerprint density at radius 1 is 1.06 bits per heavy atom. The summed E-state index contributed by atoms with van der Waals surface area (Å²) in [7, 11) is 0. The molecule has 0 saturated carbocycles. The van der Waals surface area contributed by atoms with Crippen LogP contribution in [0.4, 0.5) is 0 Å². The van der Waals surface area contributed by atoms with Crippen molar-refractivity contribution in [2.45, 2.75) is 0 Å². The first-order chi connectivity index (χ1) is 8.43. The molecular formula is C11H7N5O. The van der Waals surface area contributed by atoms with Gasteiger partial charge in [-0.3, -0.25) is 4.98 Å². The summed E-state index contributed by atoms with van der Waals surface area (Å²) in [5, 5.41) is 7.79. The molecule has 6 nitrogen and oxygen atoms in total. The van der Waals surface area contributed by atoms with Gasteiger partial charge in [-0.25, -0.2) is 9.97 Å². The van der Waals surface area contributed by atoms with Crippen molar-refractivity contribution in [2.75, 3.05) is 0 Å². The third-order valence-corrected chi connectivity index (χ3v) is 2.12. The maximum atomic E-state index is 5.24. The summed E-state index contributed by atoms with van der Waals surface area (Å²) in [5.41, 5.74) is 1.19. The first-order valence-corrected chi connectivity index (χ1v) is 4.93. The fourth-order valence-electron chi connectivity index (χ4n) is 1.37. The summed E-state index contributed by atoms with van der Waals surface area (Å²) >= 11 is 0. The first kappa shape index (κ1) is 9.59. The standard InChI is InChI=1S/C11H7N5O/c1-2-10(17-5-1)8-7-14-16-11(15-8)9-6-12-3-4-13-9/h1-7H. The Morgan fingerprint density at radius 3 is 2.82 bits per heavy atom. The van der Waals surface area contributed by atoms with Gasteiger partial charge in [-0.1, -0.05) is 0 Å². The van der Waals surface area contributed by atoms with Crippen LogP contribution in [-0.2, 0) is 0 Å². The zero-order valence-corrected chi connectivity index (χ0v) is 8.69. The number of rotatable bonds is 2. The molecule has 0 atom stereocenters. The molecule has 0 aliphatic rings. The quantitative estimate of drug-likeness (QED) is 0.659. The summed E-state index contributed by atoms with van der Waals surface area (Å²) in [4.78, 5) is 12.4. The van der Waals surface area contributed by atoms with E-state index in [1.165, 1.54) is 0 Å². The average molecular weight is 225 g/mol. The Labute approximate surface area is 96.4 Å². The largest absolute Gasteiger partial charge is 0.463 e. The van der Waals surface area contributed by atoms with Gasteiger partial charge < -0.3 is 4.42 Å². The van der Waals surface area contributed by atoms with E-state index < -0.39 is 0 Å². The summed E-state index contributed by atoms with van der Waals surface area (Å²) in [5.74, 6) is 1.07. The van der Waals surface area contributed by atoms with Crippen molar-refractivity contribution >= 4 is 0 Å². The Bertz CT molecular complexity index is 609. The van der Waals surface area contributed by atoms with Crippen LogP contribution in [0.2, 0.25) is 0 Å². The van der Waals surface area contributed by atoms with E-state index in [4.69, 9.17) is 4.42 Å². The Morgan fingerprint density at radius 2 is 2.06 bits per heavy atom. The smallest absolute Gasteiger partial charge is 0.202 e. The molecule has 0 aromatic carbocycles. The summed E-state index contributed by atoms with van der Waals surface area (Å²) in [6, 6.07) is 3.60. The molecule has 0 radical (unpaired) electrons. The number of aromatic nitrogens is 5. The molecule has 0 unspecified atom stereocenters. The monoisotopic (exact) mass is 225 g/mol. The number of hydrogen-bond acceptors (Lipinski definition) is 6. The van der Waals surface area contributed by atoms with E-state index in [1.54, 1.807) is 37.1 Å². The molecule has 6 heteroatoms. The number of hydrogen-bond donors (Lipinski definition) is 0. The Balaban J connectivity index is 2.06. The van der Waals surface area contributed by atoms with Crippen LogP contribution in [0.1, 0.15) is 0 Å². The fourth-order valence-corrected chi connectivity index (χ4v) is 1.37. The molecule has 0 aliphatic carbocycles. The van der Waals surface area contributed by atoms with Gasteiger partial charge in [0.25, 0.3) is 0 Å². The minimum atomic E-state index is 0.423. The average Bonchev–Trinajstić information content (AvgIpc) is 2.94. The second-order valence-corrected chi connectivity index (χ2v) is 3.23.